The van der Waals surface area contributed by atoms with Gasteiger partial charge in [0.05, 0.1) is 24.3 Å². The fourth-order valence-corrected chi connectivity index (χ4v) is 3.04. The standard InChI is InChI=1S/C16H22N2O2S/c1-5-6-10-20-13-9-7-8-12(14(13)19-4)15-11(2)18-16(17-3)21-15/h7-9H,5-6,10H2,1-4H3,(H,17,18). The lowest BCUT2D eigenvalue weighted by molar-refractivity contribution is 0.289. The minimum Gasteiger partial charge on any atom is -0.492 e. The highest BCUT2D eigenvalue weighted by Gasteiger charge is 2.17. The maximum Gasteiger partial charge on any atom is 0.183 e. The van der Waals surface area contributed by atoms with Crippen molar-refractivity contribution in [1.82, 2.24) is 4.98 Å². The lowest BCUT2D eigenvalue weighted by atomic mass is 10.1. The molecule has 5 heteroatoms. The van der Waals surface area contributed by atoms with Gasteiger partial charge in [0, 0.05) is 12.6 Å². The summed E-state index contributed by atoms with van der Waals surface area (Å²) in [7, 11) is 3.56. The van der Waals surface area contributed by atoms with E-state index in [-0.39, 0.29) is 0 Å². The van der Waals surface area contributed by atoms with Crippen LogP contribution in [0, 0.1) is 6.92 Å². The number of aromatic nitrogens is 1. The molecule has 4 nitrogen and oxygen atoms in total. The lowest BCUT2D eigenvalue weighted by Gasteiger charge is -2.13. The van der Waals surface area contributed by atoms with E-state index < -0.39 is 0 Å². The highest BCUT2D eigenvalue weighted by Crippen LogP contribution is 2.42. The van der Waals surface area contributed by atoms with E-state index in [1.54, 1.807) is 18.4 Å². The molecule has 2 rings (SSSR count). The molecule has 0 saturated heterocycles. The van der Waals surface area contributed by atoms with E-state index in [1.807, 2.05) is 32.2 Å². The second-order valence-corrected chi connectivity index (χ2v) is 5.72. The van der Waals surface area contributed by atoms with Crippen molar-refractivity contribution in [2.24, 2.45) is 0 Å². The third-order valence-electron chi connectivity index (χ3n) is 3.19. The van der Waals surface area contributed by atoms with Gasteiger partial charge in [0.1, 0.15) is 0 Å². The summed E-state index contributed by atoms with van der Waals surface area (Å²) < 4.78 is 11.4. The maximum atomic E-state index is 5.85. The van der Waals surface area contributed by atoms with Gasteiger partial charge >= 0.3 is 0 Å². The quantitative estimate of drug-likeness (QED) is 0.772. The Balaban J connectivity index is 2.38. The molecule has 0 amide bonds. The molecule has 0 radical (unpaired) electrons. The molecular weight excluding hydrogens is 284 g/mol. The number of unbranched alkanes of at least 4 members (excludes halogenated alkanes) is 1. The topological polar surface area (TPSA) is 43.4 Å². The zero-order chi connectivity index (χ0) is 15.2. The van der Waals surface area contributed by atoms with E-state index in [0.717, 1.165) is 45.6 Å². The summed E-state index contributed by atoms with van der Waals surface area (Å²) in [6.07, 6.45) is 2.15. The van der Waals surface area contributed by atoms with Crippen LogP contribution in [-0.2, 0) is 0 Å². The summed E-state index contributed by atoms with van der Waals surface area (Å²) >= 11 is 1.62. The van der Waals surface area contributed by atoms with Crippen molar-refractivity contribution < 1.29 is 9.47 Å². The van der Waals surface area contributed by atoms with Crippen LogP contribution < -0.4 is 14.8 Å². The van der Waals surface area contributed by atoms with Crippen LogP contribution in [0.25, 0.3) is 10.4 Å². The third kappa shape index (κ3) is 3.47. The molecule has 0 atom stereocenters. The molecule has 0 spiro atoms. The van der Waals surface area contributed by atoms with Gasteiger partial charge in [-0.25, -0.2) is 4.98 Å². The van der Waals surface area contributed by atoms with Gasteiger partial charge in [0.2, 0.25) is 0 Å². The SMILES string of the molecule is CCCCOc1cccc(-c2sc(NC)nc2C)c1OC. The van der Waals surface area contributed by atoms with Crippen molar-refractivity contribution in [3.63, 3.8) is 0 Å². The Bertz CT molecular complexity index is 596. The van der Waals surface area contributed by atoms with Gasteiger partial charge in [-0.15, -0.1) is 0 Å². The summed E-state index contributed by atoms with van der Waals surface area (Å²) in [4.78, 5) is 5.61. The van der Waals surface area contributed by atoms with E-state index in [4.69, 9.17) is 9.47 Å². The molecule has 2 aromatic rings. The van der Waals surface area contributed by atoms with Crippen LogP contribution in [0.4, 0.5) is 5.13 Å². The van der Waals surface area contributed by atoms with E-state index >= 15 is 0 Å². The fourth-order valence-electron chi connectivity index (χ4n) is 2.10. The number of nitrogens with one attached hydrogen (secondary N) is 1. The average molecular weight is 306 g/mol. The Labute approximate surface area is 130 Å². The smallest absolute Gasteiger partial charge is 0.183 e. The second-order valence-electron chi connectivity index (χ2n) is 4.72. The van der Waals surface area contributed by atoms with Gasteiger partial charge in [-0.1, -0.05) is 30.7 Å². The molecule has 1 aromatic carbocycles. The van der Waals surface area contributed by atoms with Crippen LogP contribution in [0.15, 0.2) is 18.2 Å². The first-order valence-electron chi connectivity index (χ1n) is 7.16. The minimum absolute atomic E-state index is 0.708. The van der Waals surface area contributed by atoms with E-state index in [9.17, 15) is 0 Å². The number of rotatable bonds is 7. The Morgan fingerprint density at radius 1 is 1.33 bits per heavy atom. The molecule has 1 N–H and O–H groups in total. The molecule has 0 aliphatic rings. The van der Waals surface area contributed by atoms with E-state index in [0.29, 0.717) is 6.61 Å². The number of hydrogen-bond acceptors (Lipinski definition) is 5. The molecule has 0 aliphatic carbocycles. The summed E-state index contributed by atoms with van der Waals surface area (Å²) in [5, 5.41) is 3.99. The number of benzene rings is 1. The van der Waals surface area contributed by atoms with Crippen LogP contribution in [0.3, 0.4) is 0 Å². The monoisotopic (exact) mass is 306 g/mol. The van der Waals surface area contributed by atoms with Crippen LogP contribution in [0.1, 0.15) is 25.5 Å². The maximum absolute atomic E-state index is 5.85. The molecular formula is C16H22N2O2S. The van der Waals surface area contributed by atoms with Gasteiger partial charge in [-0.05, 0) is 25.5 Å². The molecule has 0 saturated carbocycles. The van der Waals surface area contributed by atoms with E-state index in [2.05, 4.69) is 17.2 Å². The first kappa shape index (κ1) is 15.6. The Hall–Kier alpha value is -1.75. The van der Waals surface area contributed by atoms with Gasteiger partial charge in [0.25, 0.3) is 0 Å². The first-order chi connectivity index (χ1) is 10.2. The van der Waals surface area contributed by atoms with Crippen LogP contribution in [-0.4, -0.2) is 25.7 Å². The zero-order valence-corrected chi connectivity index (χ0v) is 13.8. The van der Waals surface area contributed by atoms with Crippen LogP contribution in [0.2, 0.25) is 0 Å². The van der Waals surface area contributed by atoms with Crippen molar-refractivity contribution in [2.45, 2.75) is 26.7 Å². The fraction of sp³-hybridized carbons (Fsp3) is 0.438. The second kappa shape index (κ2) is 7.31. The number of nitrogens with zero attached hydrogens (tertiary/aromatic N) is 1. The molecule has 21 heavy (non-hydrogen) atoms. The Morgan fingerprint density at radius 2 is 2.14 bits per heavy atom. The van der Waals surface area contributed by atoms with Crippen molar-refractivity contribution in [1.29, 1.82) is 0 Å². The van der Waals surface area contributed by atoms with Gasteiger partial charge < -0.3 is 14.8 Å². The minimum atomic E-state index is 0.708. The van der Waals surface area contributed by atoms with Crippen molar-refractivity contribution in [2.75, 3.05) is 26.1 Å². The summed E-state index contributed by atoms with van der Waals surface area (Å²) in [5.41, 5.74) is 2.02. The number of thiazole rings is 1. The largest absolute Gasteiger partial charge is 0.492 e. The van der Waals surface area contributed by atoms with E-state index in [1.165, 1.54) is 0 Å². The van der Waals surface area contributed by atoms with Gasteiger partial charge in [-0.2, -0.15) is 0 Å². The number of para-hydroxylation sites is 1. The summed E-state index contributed by atoms with van der Waals surface area (Å²) in [5.74, 6) is 1.57. The molecule has 114 valence electrons. The normalized spacial score (nSPS) is 10.5. The predicted molar refractivity (Wildman–Crippen MR) is 88.8 cm³/mol. The Morgan fingerprint density at radius 3 is 2.76 bits per heavy atom. The first-order valence-corrected chi connectivity index (χ1v) is 7.98. The summed E-state index contributed by atoms with van der Waals surface area (Å²) in [6, 6.07) is 6.00. The number of anilines is 1. The van der Waals surface area contributed by atoms with Crippen molar-refractivity contribution in [3.8, 4) is 21.9 Å². The Kier molecular flexibility index (Phi) is 5.44. The number of aryl methyl sites for hydroxylation is 1. The number of methoxy groups -OCH3 is 1. The van der Waals surface area contributed by atoms with Crippen LogP contribution in [0.5, 0.6) is 11.5 Å². The van der Waals surface area contributed by atoms with Crippen molar-refractivity contribution >= 4 is 16.5 Å². The zero-order valence-electron chi connectivity index (χ0n) is 13.0. The molecule has 0 aliphatic heterocycles. The highest BCUT2D eigenvalue weighted by molar-refractivity contribution is 7.19. The molecule has 0 bridgehead atoms. The molecule has 0 fully saturated rings. The van der Waals surface area contributed by atoms with Gasteiger partial charge in [0.15, 0.2) is 16.6 Å². The van der Waals surface area contributed by atoms with Crippen LogP contribution >= 0.6 is 11.3 Å². The molecule has 0 unspecified atom stereocenters. The molecule has 1 heterocycles. The summed E-state index contributed by atoms with van der Waals surface area (Å²) in [6.45, 7) is 4.87. The number of ether oxygens (including phenoxy) is 2. The number of hydrogen-bond donors (Lipinski definition) is 1. The molecule has 1 aromatic heterocycles. The highest BCUT2D eigenvalue weighted by atomic mass is 32.1. The van der Waals surface area contributed by atoms with Crippen molar-refractivity contribution in [3.05, 3.63) is 23.9 Å². The average Bonchev–Trinajstić information content (AvgIpc) is 2.88. The third-order valence-corrected chi connectivity index (χ3v) is 4.40. The van der Waals surface area contributed by atoms with Gasteiger partial charge in [-0.3, -0.25) is 0 Å². The lowest BCUT2D eigenvalue weighted by Crippen LogP contribution is -1.99. The predicted octanol–water partition coefficient (Wildman–Crippen LogP) is 4.35.